The quantitative estimate of drug-likeness (QED) is 0.573. The molecule has 0 aromatic carbocycles. The Kier molecular flexibility index (Phi) is 4.46. The van der Waals surface area contributed by atoms with Gasteiger partial charge in [-0.2, -0.15) is 10.5 Å². The van der Waals surface area contributed by atoms with E-state index in [9.17, 15) is 0 Å². The summed E-state index contributed by atoms with van der Waals surface area (Å²) in [5.41, 5.74) is 0.917. The van der Waals surface area contributed by atoms with E-state index in [0.717, 1.165) is 10.7 Å². The smallest absolute Gasteiger partial charge is 0.133 e. The first kappa shape index (κ1) is 11.4. The fourth-order valence-electron chi connectivity index (χ4n) is 0.962. The lowest BCUT2D eigenvalue weighted by atomic mass is 10.2. The van der Waals surface area contributed by atoms with E-state index in [1.807, 2.05) is 18.4 Å². The molecule has 0 aliphatic carbocycles. The van der Waals surface area contributed by atoms with Crippen molar-refractivity contribution in [1.29, 1.82) is 10.5 Å². The van der Waals surface area contributed by atoms with Crippen LogP contribution in [0.5, 0.6) is 0 Å². The standard InChI is InChI=1S/C10H10N4S/c1-8-7-15-10(14-8)9(5-12)6-13-4-2-3-11/h6-7,9H,2,4H2,1H3/t9-/m1/s1. The van der Waals surface area contributed by atoms with Gasteiger partial charge in [0.2, 0.25) is 0 Å². The van der Waals surface area contributed by atoms with Gasteiger partial charge in [0.1, 0.15) is 10.9 Å². The molecule has 0 N–H and O–H groups in total. The van der Waals surface area contributed by atoms with E-state index in [4.69, 9.17) is 10.5 Å². The first-order chi connectivity index (χ1) is 7.27. The minimum absolute atomic E-state index is 0.381. The number of nitrogens with zero attached hydrogens (tertiary/aromatic N) is 4. The Morgan fingerprint density at radius 1 is 1.67 bits per heavy atom. The zero-order valence-corrected chi connectivity index (χ0v) is 9.16. The molecule has 0 fully saturated rings. The molecule has 1 heterocycles. The van der Waals surface area contributed by atoms with Crippen LogP contribution in [0.4, 0.5) is 0 Å². The largest absolute Gasteiger partial charge is 0.295 e. The van der Waals surface area contributed by atoms with E-state index in [2.05, 4.69) is 16.0 Å². The van der Waals surface area contributed by atoms with Crippen molar-refractivity contribution >= 4 is 17.6 Å². The van der Waals surface area contributed by atoms with Gasteiger partial charge in [-0.1, -0.05) is 0 Å². The Balaban J connectivity index is 2.62. The van der Waals surface area contributed by atoms with Gasteiger partial charge < -0.3 is 0 Å². The van der Waals surface area contributed by atoms with Crippen LogP contribution >= 0.6 is 11.3 Å². The maximum absolute atomic E-state index is 8.91. The maximum Gasteiger partial charge on any atom is 0.133 e. The fraction of sp³-hybridized carbons (Fsp3) is 0.400. The fourth-order valence-corrected chi connectivity index (χ4v) is 1.76. The normalized spacial score (nSPS) is 12.2. The minimum Gasteiger partial charge on any atom is -0.295 e. The summed E-state index contributed by atoms with van der Waals surface area (Å²) in [6.07, 6.45) is 1.95. The molecule has 4 nitrogen and oxygen atoms in total. The van der Waals surface area contributed by atoms with E-state index in [1.54, 1.807) is 6.21 Å². The number of rotatable bonds is 4. The maximum atomic E-state index is 8.91. The lowest BCUT2D eigenvalue weighted by Gasteiger charge is -1.96. The predicted octanol–water partition coefficient (Wildman–Crippen LogP) is 2.04. The second-order valence-electron chi connectivity index (χ2n) is 2.90. The Labute approximate surface area is 92.5 Å². The molecule has 1 atom stereocenters. The van der Waals surface area contributed by atoms with Crippen molar-refractivity contribution in [3.05, 3.63) is 16.1 Å². The van der Waals surface area contributed by atoms with Gasteiger partial charge in [-0.15, -0.1) is 11.3 Å². The first-order valence-corrected chi connectivity index (χ1v) is 5.34. The van der Waals surface area contributed by atoms with E-state index in [0.29, 0.717) is 13.0 Å². The lowest BCUT2D eigenvalue weighted by molar-refractivity contribution is 1.00. The summed E-state index contributed by atoms with van der Waals surface area (Å²) >= 11 is 1.46. The van der Waals surface area contributed by atoms with Crippen molar-refractivity contribution in [2.45, 2.75) is 19.3 Å². The highest BCUT2D eigenvalue weighted by atomic mass is 32.1. The molecule has 0 aliphatic heterocycles. The molecule has 1 rings (SSSR count). The Hall–Kier alpha value is -1.72. The molecule has 5 heteroatoms. The van der Waals surface area contributed by atoms with E-state index in [-0.39, 0.29) is 5.92 Å². The molecule has 76 valence electrons. The van der Waals surface area contributed by atoms with Gasteiger partial charge in [0.05, 0.1) is 25.1 Å². The first-order valence-electron chi connectivity index (χ1n) is 4.46. The molecule has 0 unspecified atom stereocenters. The highest BCUT2D eigenvalue weighted by molar-refractivity contribution is 7.09. The van der Waals surface area contributed by atoms with Crippen LogP contribution in [-0.4, -0.2) is 17.7 Å². The van der Waals surface area contributed by atoms with Crippen LogP contribution in [0.15, 0.2) is 10.4 Å². The molecule has 0 bridgehead atoms. The van der Waals surface area contributed by atoms with Crippen LogP contribution in [0.3, 0.4) is 0 Å². The molecule has 0 amide bonds. The zero-order valence-electron chi connectivity index (χ0n) is 8.34. The van der Waals surface area contributed by atoms with Crippen molar-refractivity contribution in [2.75, 3.05) is 6.54 Å². The number of hydrogen-bond acceptors (Lipinski definition) is 5. The van der Waals surface area contributed by atoms with E-state index >= 15 is 0 Å². The molecule has 0 saturated carbocycles. The topological polar surface area (TPSA) is 72.8 Å². The van der Waals surface area contributed by atoms with Crippen LogP contribution in [0.25, 0.3) is 0 Å². The van der Waals surface area contributed by atoms with Gasteiger partial charge in [0, 0.05) is 17.3 Å². The van der Waals surface area contributed by atoms with Gasteiger partial charge in [-0.25, -0.2) is 4.98 Å². The summed E-state index contributed by atoms with van der Waals surface area (Å²) in [7, 11) is 0. The van der Waals surface area contributed by atoms with Crippen molar-refractivity contribution in [3.63, 3.8) is 0 Å². The lowest BCUT2D eigenvalue weighted by Crippen LogP contribution is -1.97. The number of aryl methyl sites for hydroxylation is 1. The molecule has 0 aliphatic rings. The van der Waals surface area contributed by atoms with Gasteiger partial charge in [-0.3, -0.25) is 4.99 Å². The third-order valence-corrected chi connectivity index (χ3v) is 2.69. The van der Waals surface area contributed by atoms with Gasteiger partial charge in [0.25, 0.3) is 0 Å². The summed E-state index contributed by atoms with van der Waals surface area (Å²) in [4.78, 5) is 8.24. The minimum atomic E-state index is -0.387. The Morgan fingerprint density at radius 3 is 3.00 bits per heavy atom. The van der Waals surface area contributed by atoms with Gasteiger partial charge >= 0.3 is 0 Å². The van der Waals surface area contributed by atoms with Gasteiger partial charge in [0.15, 0.2) is 0 Å². The second-order valence-corrected chi connectivity index (χ2v) is 3.79. The summed E-state index contributed by atoms with van der Waals surface area (Å²) in [5.74, 6) is -0.387. The molecule has 0 saturated heterocycles. The van der Waals surface area contributed by atoms with Crippen molar-refractivity contribution < 1.29 is 0 Å². The third kappa shape index (κ3) is 3.49. The van der Waals surface area contributed by atoms with Crippen molar-refractivity contribution in [2.24, 2.45) is 4.99 Å². The number of thiazole rings is 1. The molecule has 15 heavy (non-hydrogen) atoms. The van der Waals surface area contributed by atoms with Crippen LogP contribution in [0, 0.1) is 29.6 Å². The third-order valence-electron chi connectivity index (χ3n) is 1.65. The van der Waals surface area contributed by atoms with E-state index in [1.165, 1.54) is 11.3 Å². The Bertz CT molecular complexity index is 421. The van der Waals surface area contributed by atoms with Gasteiger partial charge in [-0.05, 0) is 6.92 Å². The summed E-state index contributed by atoms with van der Waals surface area (Å²) < 4.78 is 0. The average molecular weight is 218 g/mol. The number of aliphatic imine (C=N–C) groups is 1. The number of nitriles is 2. The predicted molar refractivity (Wildman–Crippen MR) is 58.8 cm³/mol. The van der Waals surface area contributed by atoms with Crippen molar-refractivity contribution in [3.8, 4) is 12.1 Å². The highest BCUT2D eigenvalue weighted by Crippen LogP contribution is 2.17. The van der Waals surface area contributed by atoms with Crippen LogP contribution in [0.2, 0.25) is 0 Å². The molecular formula is C10H10N4S. The zero-order chi connectivity index (χ0) is 11.1. The summed E-state index contributed by atoms with van der Waals surface area (Å²) in [5, 5.41) is 19.9. The van der Waals surface area contributed by atoms with Crippen LogP contribution in [0.1, 0.15) is 23.0 Å². The van der Waals surface area contributed by atoms with Crippen molar-refractivity contribution in [1.82, 2.24) is 4.98 Å². The summed E-state index contributed by atoms with van der Waals surface area (Å²) in [6.45, 7) is 2.33. The summed E-state index contributed by atoms with van der Waals surface area (Å²) in [6, 6.07) is 4.12. The number of hydrogen-bond donors (Lipinski definition) is 0. The average Bonchev–Trinajstić information content (AvgIpc) is 2.65. The van der Waals surface area contributed by atoms with Crippen LogP contribution in [-0.2, 0) is 0 Å². The second kappa shape index (κ2) is 5.90. The molecule has 1 aromatic rings. The Morgan fingerprint density at radius 2 is 2.47 bits per heavy atom. The van der Waals surface area contributed by atoms with Crippen LogP contribution < -0.4 is 0 Å². The van der Waals surface area contributed by atoms with E-state index < -0.39 is 0 Å². The highest BCUT2D eigenvalue weighted by Gasteiger charge is 2.10. The SMILES string of the molecule is Cc1csc([C@H](C#N)C=NCCC#N)n1. The number of aromatic nitrogens is 1. The molecule has 0 radical (unpaired) electrons. The molecule has 0 spiro atoms. The monoisotopic (exact) mass is 218 g/mol. The molecular weight excluding hydrogens is 208 g/mol. The molecule has 1 aromatic heterocycles.